The van der Waals surface area contributed by atoms with Crippen LogP contribution in [0.2, 0.25) is 0 Å². The quantitative estimate of drug-likeness (QED) is 0.855. The summed E-state index contributed by atoms with van der Waals surface area (Å²) in [5.41, 5.74) is 0.862. The van der Waals surface area contributed by atoms with Gasteiger partial charge in [0.1, 0.15) is 0 Å². The van der Waals surface area contributed by atoms with E-state index >= 15 is 0 Å². The van der Waals surface area contributed by atoms with Gasteiger partial charge in [0, 0.05) is 19.3 Å². The number of hydrogen-bond donors (Lipinski definition) is 0. The van der Waals surface area contributed by atoms with Crippen LogP contribution >= 0.6 is 0 Å². The predicted molar refractivity (Wildman–Crippen MR) is 78.2 cm³/mol. The lowest BCUT2D eigenvalue weighted by atomic mass is 9.99. The van der Waals surface area contributed by atoms with Crippen molar-refractivity contribution in [1.82, 2.24) is 4.90 Å². The molecule has 1 atom stereocenters. The molecule has 1 aliphatic rings. The average Bonchev–Trinajstić information content (AvgIpc) is 2.38. The van der Waals surface area contributed by atoms with E-state index in [1.807, 2.05) is 4.90 Å². The van der Waals surface area contributed by atoms with Gasteiger partial charge < -0.3 is 4.90 Å². The molecule has 5 heteroatoms. The van der Waals surface area contributed by atoms with Crippen LogP contribution in [0.3, 0.4) is 0 Å². The molecule has 1 saturated heterocycles. The molecule has 1 aromatic carbocycles. The normalized spacial score (nSPS) is 19.9. The zero-order valence-electron chi connectivity index (χ0n) is 12.0. The van der Waals surface area contributed by atoms with Crippen LogP contribution in [0.25, 0.3) is 0 Å². The lowest BCUT2D eigenvalue weighted by Crippen LogP contribution is -2.39. The number of hydrogen-bond acceptors (Lipinski definition) is 3. The zero-order valence-corrected chi connectivity index (χ0v) is 12.8. The highest BCUT2D eigenvalue weighted by Crippen LogP contribution is 2.17. The van der Waals surface area contributed by atoms with Crippen molar-refractivity contribution in [3.05, 3.63) is 29.8 Å². The first-order valence-electron chi connectivity index (χ1n) is 6.93. The Morgan fingerprint density at radius 3 is 2.50 bits per heavy atom. The Hall–Kier alpha value is -1.36. The molecule has 4 nitrogen and oxygen atoms in total. The molecule has 0 N–H and O–H groups in total. The second kappa shape index (κ2) is 5.95. The van der Waals surface area contributed by atoms with Crippen LogP contribution in [0.5, 0.6) is 0 Å². The van der Waals surface area contributed by atoms with E-state index in [1.165, 1.54) is 12.7 Å². The van der Waals surface area contributed by atoms with Crippen molar-refractivity contribution in [3.8, 4) is 0 Å². The second-order valence-electron chi connectivity index (χ2n) is 5.68. The van der Waals surface area contributed by atoms with Gasteiger partial charge in [0.2, 0.25) is 5.91 Å². The summed E-state index contributed by atoms with van der Waals surface area (Å²) in [5.74, 6) is 0.698. The fourth-order valence-corrected chi connectivity index (χ4v) is 3.19. The summed E-state index contributed by atoms with van der Waals surface area (Å²) in [5, 5.41) is 0. The largest absolute Gasteiger partial charge is 0.342 e. The summed E-state index contributed by atoms with van der Waals surface area (Å²) in [4.78, 5) is 14.4. The van der Waals surface area contributed by atoms with Crippen molar-refractivity contribution < 1.29 is 13.2 Å². The van der Waals surface area contributed by atoms with Gasteiger partial charge in [0.25, 0.3) is 0 Å². The van der Waals surface area contributed by atoms with Gasteiger partial charge in [0.05, 0.1) is 11.3 Å². The number of benzene rings is 1. The minimum atomic E-state index is -3.17. The van der Waals surface area contributed by atoms with Gasteiger partial charge in [0.15, 0.2) is 9.84 Å². The Bertz CT molecular complexity index is 578. The Morgan fingerprint density at radius 2 is 1.95 bits per heavy atom. The molecular weight excluding hydrogens is 274 g/mol. The third kappa shape index (κ3) is 3.82. The van der Waals surface area contributed by atoms with Gasteiger partial charge in [-0.3, -0.25) is 4.79 Å². The van der Waals surface area contributed by atoms with Crippen LogP contribution in [-0.2, 0) is 21.1 Å². The molecule has 1 unspecified atom stereocenters. The molecule has 1 heterocycles. The number of carbonyl (C=O) groups is 1. The molecule has 0 aliphatic carbocycles. The van der Waals surface area contributed by atoms with Gasteiger partial charge >= 0.3 is 0 Å². The van der Waals surface area contributed by atoms with E-state index in [0.29, 0.717) is 17.2 Å². The van der Waals surface area contributed by atoms with Crippen LogP contribution in [0, 0.1) is 5.92 Å². The third-order valence-electron chi connectivity index (χ3n) is 3.72. The van der Waals surface area contributed by atoms with Crippen LogP contribution in [0.15, 0.2) is 29.2 Å². The molecule has 0 bridgehead atoms. The van der Waals surface area contributed by atoms with E-state index < -0.39 is 9.84 Å². The lowest BCUT2D eigenvalue weighted by Gasteiger charge is -2.31. The Kier molecular flexibility index (Phi) is 4.48. The predicted octanol–water partition coefficient (Wildman–Crippen LogP) is 1.89. The van der Waals surface area contributed by atoms with Crippen molar-refractivity contribution in [3.63, 3.8) is 0 Å². The van der Waals surface area contributed by atoms with Crippen LogP contribution < -0.4 is 0 Å². The van der Waals surface area contributed by atoms with E-state index in [1.54, 1.807) is 24.3 Å². The highest BCUT2D eigenvalue weighted by Gasteiger charge is 2.20. The van der Waals surface area contributed by atoms with E-state index in [0.717, 1.165) is 25.1 Å². The Balaban J connectivity index is 2.01. The molecule has 110 valence electrons. The average molecular weight is 295 g/mol. The zero-order chi connectivity index (χ0) is 14.8. The van der Waals surface area contributed by atoms with Crippen molar-refractivity contribution in [2.45, 2.75) is 31.1 Å². The number of amides is 1. The SMILES string of the molecule is CC1CCCN(C(=O)Cc2ccc(S(C)(=O)=O)cc2)C1. The van der Waals surface area contributed by atoms with Crippen LogP contribution in [-0.4, -0.2) is 38.6 Å². The maximum atomic E-state index is 12.2. The minimum absolute atomic E-state index is 0.128. The molecule has 1 fully saturated rings. The van der Waals surface area contributed by atoms with Gasteiger partial charge in [-0.15, -0.1) is 0 Å². The number of piperidine rings is 1. The fraction of sp³-hybridized carbons (Fsp3) is 0.533. The molecular formula is C15H21NO3S. The third-order valence-corrected chi connectivity index (χ3v) is 4.85. The highest BCUT2D eigenvalue weighted by molar-refractivity contribution is 7.90. The highest BCUT2D eigenvalue weighted by atomic mass is 32.2. The molecule has 0 saturated carbocycles. The van der Waals surface area contributed by atoms with Crippen molar-refractivity contribution >= 4 is 15.7 Å². The Morgan fingerprint density at radius 1 is 1.30 bits per heavy atom. The van der Waals surface area contributed by atoms with E-state index in [-0.39, 0.29) is 5.91 Å². The summed E-state index contributed by atoms with van der Waals surface area (Å²) < 4.78 is 22.7. The molecule has 1 aliphatic heterocycles. The number of rotatable bonds is 3. The fourth-order valence-electron chi connectivity index (χ4n) is 2.56. The number of carbonyl (C=O) groups excluding carboxylic acids is 1. The molecule has 2 rings (SSSR count). The summed E-state index contributed by atoms with van der Waals surface area (Å²) in [6, 6.07) is 6.58. The summed E-state index contributed by atoms with van der Waals surface area (Å²) in [7, 11) is -3.17. The first-order chi connectivity index (χ1) is 9.36. The molecule has 0 radical (unpaired) electrons. The van der Waals surface area contributed by atoms with Gasteiger partial charge in [-0.1, -0.05) is 19.1 Å². The van der Waals surface area contributed by atoms with E-state index in [4.69, 9.17) is 0 Å². The Labute approximate surface area is 120 Å². The monoisotopic (exact) mass is 295 g/mol. The van der Waals surface area contributed by atoms with Crippen LogP contribution in [0.1, 0.15) is 25.3 Å². The number of sulfone groups is 1. The summed E-state index contributed by atoms with van der Waals surface area (Å²) in [6.07, 6.45) is 3.78. The molecule has 20 heavy (non-hydrogen) atoms. The van der Waals surface area contributed by atoms with Crippen molar-refractivity contribution in [1.29, 1.82) is 0 Å². The van der Waals surface area contributed by atoms with Gasteiger partial charge in [-0.2, -0.15) is 0 Å². The maximum absolute atomic E-state index is 12.2. The van der Waals surface area contributed by atoms with Crippen molar-refractivity contribution in [2.24, 2.45) is 5.92 Å². The maximum Gasteiger partial charge on any atom is 0.226 e. The molecule has 1 amide bonds. The smallest absolute Gasteiger partial charge is 0.226 e. The number of nitrogens with zero attached hydrogens (tertiary/aromatic N) is 1. The molecule has 0 aromatic heterocycles. The standard InChI is InChI=1S/C15H21NO3S/c1-12-4-3-9-16(11-12)15(17)10-13-5-7-14(8-6-13)20(2,18)19/h5-8,12H,3-4,9-11H2,1-2H3. The van der Waals surface area contributed by atoms with Gasteiger partial charge in [-0.25, -0.2) is 8.42 Å². The van der Waals surface area contributed by atoms with Crippen LogP contribution in [0.4, 0.5) is 0 Å². The molecule has 1 aromatic rings. The summed E-state index contributed by atoms with van der Waals surface area (Å²) >= 11 is 0. The van der Waals surface area contributed by atoms with E-state index in [9.17, 15) is 13.2 Å². The first-order valence-corrected chi connectivity index (χ1v) is 8.82. The molecule has 0 spiro atoms. The summed E-state index contributed by atoms with van der Waals surface area (Å²) in [6.45, 7) is 3.84. The number of likely N-dealkylation sites (tertiary alicyclic amines) is 1. The lowest BCUT2D eigenvalue weighted by molar-refractivity contribution is -0.132. The topological polar surface area (TPSA) is 54.5 Å². The first kappa shape index (κ1) is 15.0. The van der Waals surface area contributed by atoms with Crippen molar-refractivity contribution in [2.75, 3.05) is 19.3 Å². The second-order valence-corrected chi connectivity index (χ2v) is 7.70. The minimum Gasteiger partial charge on any atom is -0.342 e. The van der Waals surface area contributed by atoms with Gasteiger partial charge in [-0.05, 0) is 36.5 Å². The van der Waals surface area contributed by atoms with E-state index in [2.05, 4.69) is 6.92 Å².